The van der Waals surface area contributed by atoms with E-state index in [1.165, 1.54) is 24.3 Å². The number of ether oxygens (including phenoxy) is 1. The summed E-state index contributed by atoms with van der Waals surface area (Å²) in [6, 6.07) is 34.6. The normalized spacial score (nSPS) is 11.3. The number of furan rings is 1. The average molecular weight is 757 g/mol. The third kappa shape index (κ3) is 9.15. The first-order chi connectivity index (χ1) is 26.0. The molecule has 4 aromatic carbocycles. The van der Waals surface area contributed by atoms with Crippen molar-refractivity contribution in [3.63, 3.8) is 0 Å². The van der Waals surface area contributed by atoms with Gasteiger partial charge in [-0.15, -0.1) is 11.3 Å². The van der Waals surface area contributed by atoms with E-state index in [-0.39, 0.29) is 21.4 Å². The minimum Gasteiger partial charge on any atom is -0.477 e. The van der Waals surface area contributed by atoms with Crippen LogP contribution in [0.4, 0.5) is 10.7 Å². The van der Waals surface area contributed by atoms with E-state index >= 15 is 0 Å². The summed E-state index contributed by atoms with van der Waals surface area (Å²) in [7, 11) is 0. The van der Waals surface area contributed by atoms with Crippen molar-refractivity contribution in [2.24, 2.45) is 0 Å². The van der Waals surface area contributed by atoms with Gasteiger partial charge in [-0.05, 0) is 72.2 Å². The van der Waals surface area contributed by atoms with Gasteiger partial charge in [0.1, 0.15) is 21.4 Å². The molecule has 0 unspecified atom stereocenters. The van der Waals surface area contributed by atoms with Gasteiger partial charge in [0, 0.05) is 28.5 Å². The highest BCUT2D eigenvalue weighted by Gasteiger charge is 2.22. The maximum Gasteiger partial charge on any atom is 0.356 e. The zero-order chi connectivity index (χ0) is 38.2. The zero-order valence-corrected chi connectivity index (χ0v) is 29.9. The number of aryl methyl sites for hydroxylation is 1. The highest BCUT2D eigenvalue weighted by atomic mass is 35.5. The third-order valence-corrected chi connectivity index (χ3v) is 9.18. The molecule has 10 nitrogen and oxygen atoms in total. The van der Waals surface area contributed by atoms with Gasteiger partial charge in [-0.3, -0.25) is 9.59 Å². The lowest BCUT2D eigenvalue weighted by Crippen LogP contribution is -2.12. The summed E-state index contributed by atoms with van der Waals surface area (Å²) in [6.45, 7) is 1.72. The molecule has 0 aliphatic carbocycles. The van der Waals surface area contributed by atoms with Gasteiger partial charge in [0.2, 0.25) is 0 Å². The minimum atomic E-state index is -1.27. The number of nitrogens with one attached hydrogen (secondary N) is 2. The van der Waals surface area contributed by atoms with Crippen molar-refractivity contribution in [3.8, 4) is 22.5 Å². The Balaban J connectivity index is 1.12. The Kier molecular flexibility index (Phi) is 11.4. The average Bonchev–Trinajstić information content (AvgIpc) is 3.79. The first-order valence-electron chi connectivity index (χ1n) is 16.3. The van der Waals surface area contributed by atoms with Gasteiger partial charge in [0.15, 0.2) is 0 Å². The van der Waals surface area contributed by atoms with Crippen molar-refractivity contribution in [2.75, 3.05) is 10.6 Å². The fraction of sp³-hybridized carbons (Fsp3) is 0.0238. The van der Waals surface area contributed by atoms with E-state index in [1.54, 1.807) is 79.7 Å². The fourth-order valence-corrected chi connectivity index (χ4v) is 6.34. The number of benzene rings is 4. The predicted octanol–water partition coefficient (Wildman–Crippen LogP) is 9.55. The summed E-state index contributed by atoms with van der Waals surface area (Å²) in [5.74, 6) is -2.91. The smallest absolute Gasteiger partial charge is 0.356 e. The van der Waals surface area contributed by atoms with Crippen LogP contribution in [0, 0.1) is 6.92 Å². The molecule has 2 heterocycles. The van der Waals surface area contributed by atoms with E-state index in [0.29, 0.717) is 50.0 Å². The summed E-state index contributed by atoms with van der Waals surface area (Å²) in [5, 5.41) is 14.5. The molecule has 0 spiro atoms. The van der Waals surface area contributed by atoms with Crippen molar-refractivity contribution < 1.29 is 38.2 Å². The van der Waals surface area contributed by atoms with Gasteiger partial charge in [-0.2, -0.15) is 0 Å². The molecule has 0 atom stereocenters. The molecular weight excluding hydrogens is 728 g/mol. The second kappa shape index (κ2) is 16.7. The number of rotatable bonds is 11. The van der Waals surface area contributed by atoms with Gasteiger partial charge in [-0.1, -0.05) is 96.5 Å². The number of carboxylic acid groups (broad SMARTS) is 1. The summed E-state index contributed by atoms with van der Waals surface area (Å²) in [5.41, 5.74) is 4.15. The number of carbonyl (C=O) groups is 5. The monoisotopic (exact) mass is 756 g/mol. The second-order valence-electron chi connectivity index (χ2n) is 11.7. The van der Waals surface area contributed by atoms with Gasteiger partial charge in [-0.25, -0.2) is 14.4 Å². The van der Waals surface area contributed by atoms with Crippen LogP contribution in [0.15, 0.2) is 137 Å². The van der Waals surface area contributed by atoms with Crippen molar-refractivity contribution in [1.82, 2.24) is 0 Å². The molecule has 0 fully saturated rings. The number of anilines is 2. The number of carbonyl (C=O) groups excluding carboxylic acids is 4. The molecule has 0 aliphatic heterocycles. The SMILES string of the molecule is Cc1oc(-c2ccccc2)cc1C(=O)Nc1cccc(C=CC(=O)OC(=O)c2sc(NC(=O)c3ccc(/C=C(\Cl)C(=O)O)cc3)cc2-c2ccccc2)c1. The highest BCUT2D eigenvalue weighted by molar-refractivity contribution is 7.18. The molecule has 0 bridgehead atoms. The van der Waals surface area contributed by atoms with Gasteiger partial charge < -0.3 is 24.9 Å². The quantitative estimate of drug-likeness (QED) is 0.0672. The van der Waals surface area contributed by atoms with Crippen LogP contribution in [-0.2, 0) is 14.3 Å². The van der Waals surface area contributed by atoms with Crippen molar-refractivity contribution in [2.45, 2.75) is 6.92 Å². The lowest BCUT2D eigenvalue weighted by Gasteiger charge is -2.05. The molecule has 0 aliphatic rings. The number of aliphatic carboxylic acids is 1. The van der Waals surface area contributed by atoms with Crippen LogP contribution in [0.5, 0.6) is 0 Å². The Morgan fingerprint density at radius 2 is 1.44 bits per heavy atom. The van der Waals surface area contributed by atoms with Crippen molar-refractivity contribution in [3.05, 3.63) is 165 Å². The van der Waals surface area contributed by atoms with Crippen LogP contribution < -0.4 is 10.6 Å². The molecule has 0 saturated heterocycles. The van der Waals surface area contributed by atoms with Crippen LogP contribution >= 0.6 is 22.9 Å². The summed E-state index contributed by atoms with van der Waals surface area (Å²) in [6.07, 6.45) is 3.82. The molecule has 0 radical (unpaired) electrons. The van der Waals surface area contributed by atoms with E-state index in [1.807, 2.05) is 36.4 Å². The molecule has 0 saturated carbocycles. The van der Waals surface area contributed by atoms with Crippen molar-refractivity contribution in [1.29, 1.82) is 0 Å². The number of thiophene rings is 1. The zero-order valence-electron chi connectivity index (χ0n) is 28.4. The Morgan fingerprint density at radius 3 is 2.13 bits per heavy atom. The summed E-state index contributed by atoms with van der Waals surface area (Å²) < 4.78 is 11.0. The topological polar surface area (TPSA) is 152 Å². The Morgan fingerprint density at radius 1 is 0.759 bits per heavy atom. The maximum absolute atomic E-state index is 13.3. The predicted molar refractivity (Wildman–Crippen MR) is 208 cm³/mol. The largest absolute Gasteiger partial charge is 0.477 e. The Bertz CT molecular complexity index is 2430. The number of amides is 2. The van der Waals surface area contributed by atoms with E-state index < -0.39 is 23.8 Å². The molecule has 6 rings (SSSR count). The van der Waals surface area contributed by atoms with Crippen LogP contribution in [0.2, 0.25) is 0 Å². The summed E-state index contributed by atoms with van der Waals surface area (Å²) in [4.78, 5) is 63.4. The number of carboxylic acids is 1. The second-order valence-corrected chi connectivity index (χ2v) is 13.1. The number of hydrogen-bond donors (Lipinski definition) is 3. The molecule has 54 heavy (non-hydrogen) atoms. The van der Waals surface area contributed by atoms with E-state index in [4.69, 9.17) is 25.9 Å². The number of halogens is 1. The molecule has 268 valence electrons. The van der Waals surface area contributed by atoms with E-state index in [0.717, 1.165) is 23.0 Å². The standard InChI is InChI=1S/C42H29ClN2O8S/c1-25-32(23-35(52-25)29-12-6-3-7-13-29)40(48)44-31-14-8-9-26(21-31)17-20-37(46)53-42(51)38-33(28-10-4-2-5-11-28)24-36(54-38)45-39(47)30-18-15-27(16-19-30)22-34(43)41(49)50/h2-24H,1H3,(H,44,48)(H,45,47)(H,49,50)/b20-17?,34-22-. The maximum atomic E-state index is 13.3. The van der Waals surface area contributed by atoms with Crippen LogP contribution in [-0.4, -0.2) is 34.8 Å². The summed E-state index contributed by atoms with van der Waals surface area (Å²) >= 11 is 6.64. The molecule has 12 heteroatoms. The Labute approximate surface area is 318 Å². The van der Waals surface area contributed by atoms with E-state index in [2.05, 4.69) is 10.6 Å². The molecule has 2 amide bonds. The lowest BCUT2D eigenvalue weighted by atomic mass is 10.1. The number of hydrogen-bond acceptors (Lipinski definition) is 8. The minimum absolute atomic E-state index is 0.0942. The van der Waals surface area contributed by atoms with Crippen LogP contribution in [0.1, 0.15) is 47.3 Å². The van der Waals surface area contributed by atoms with Crippen LogP contribution in [0.3, 0.4) is 0 Å². The van der Waals surface area contributed by atoms with E-state index in [9.17, 15) is 24.0 Å². The van der Waals surface area contributed by atoms with Crippen molar-refractivity contribution >= 4 is 75.5 Å². The van der Waals surface area contributed by atoms with Gasteiger partial charge >= 0.3 is 17.9 Å². The first kappa shape index (κ1) is 37.0. The third-order valence-electron chi connectivity index (χ3n) is 7.88. The Hall–Kier alpha value is -6.82. The highest BCUT2D eigenvalue weighted by Crippen LogP contribution is 2.36. The lowest BCUT2D eigenvalue weighted by molar-refractivity contribution is -0.133. The molecule has 2 aromatic heterocycles. The van der Waals surface area contributed by atoms with Crippen LogP contribution in [0.25, 0.3) is 34.6 Å². The molecular formula is C42H29ClN2O8S. The van der Waals surface area contributed by atoms with Gasteiger partial charge in [0.25, 0.3) is 11.8 Å². The van der Waals surface area contributed by atoms with Gasteiger partial charge in [0.05, 0.1) is 10.6 Å². The molecule has 3 N–H and O–H groups in total. The number of esters is 2. The fourth-order valence-electron chi connectivity index (χ4n) is 5.27. The first-order valence-corrected chi connectivity index (χ1v) is 17.5. The molecule has 6 aromatic rings.